The Hall–Kier alpha value is -2.01. The number of fused-ring (bicyclic) bond motifs is 1. The summed E-state index contributed by atoms with van der Waals surface area (Å²) in [5.74, 6) is 0.0623. The zero-order chi connectivity index (χ0) is 15.7. The molecule has 22 heavy (non-hydrogen) atoms. The molecule has 2 aromatic heterocycles. The van der Waals surface area contributed by atoms with Crippen molar-refractivity contribution in [2.24, 2.45) is 5.41 Å². The fraction of sp³-hybridized carbons (Fsp3) is 0.235. The van der Waals surface area contributed by atoms with Crippen LogP contribution in [-0.2, 0) is 6.42 Å². The zero-order valence-electron chi connectivity index (χ0n) is 12.4. The second-order valence-corrected chi connectivity index (χ2v) is 6.80. The number of benzene rings is 1. The first-order valence-electron chi connectivity index (χ1n) is 7.06. The maximum absolute atomic E-state index is 12.8. The third-order valence-electron chi connectivity index (χ3n) is 3.65. The molecule has 0 aliphatic rings. The molecule has 1 aromatic carbocycles. The van der Waals surface area contributed by atoms with Gasteiger partial charge in [-0.1, -0.05) is 44.2 Å². The summed E-state index contributed by atoms with van der Waals surface area (Å²) in [7, 11) is 0. The highest BCUT2D eigenvalue weighted by Crippen LogP contribution is 2.27. The number of ketones is 1. The highest BCUT2D eigenvalue weighted by atomic mass is 79.9. The van der Waals surface area contributed by atoms with Gasteiger partial charge in [0.1, 0.15) is 10.1 Å². The third-order valence-corrected chi connectivity index (χ3v) is 4.03. The molecule has 4 nitrogen and oxygen atoms in total. The zero-order valence-corrected chi connectivity index (χ0v) is 14.0. The van der Waals surface area contributed by atoms with E-state index in [4.69, 9.17) is 0 Å². The van der Waals surface area contributed by atoms with E-state index in [-0.39, 0.29) is 5.78 Å². The molecule has 0 amide bonds. The first kappa shape index (κ1) is 14.9. The predicted octanol–water partition coefficient (Wildman–Crippen LogP) is 4.17. The Morgan fingerprint density at radius 1 is 1.27 bits per heavy atom. The summed E-state index contributed by atoms with van der Waals surface area (Å²) >= 11 is 3.29. The number of carbonyl (C=O) groups excluding carboxylic acids is 1. The molecular formula is C17H16BrN3O. The van der Waals surface area contributed by atoms with Crippen LogP contribution >= 0.6 is 15.9 Å². The molecule has 0 aliphatic heterocycles. The maximum atomic E-state index is 12.8. The Morgan fingerprint density at radius 2 is 2.00 bits per heavy atom. The second-order valence-electron chi connectivity index (χ2n) is 5.98. The molecule has 1 N–H and O–H groups in total. The molecule has 0 unspecified atom stereocenters. The van der Waals surface area contributed by atoms with E-state index in [2.05, 4.69) is 30.9 Å². The molecule has 0 saturated heterocycles. The molecule has 0 spiro atoms. The summed E-state index contributed by atoms with van der Waals surface area (Å²) in [6, 6.07) is 11.8. The van der Waals surface area contributed by atoms with Crippen LogP contribution in [0.25, 0.3) is 11.2 Å². The Balaban J connectivity index is 1.90. The van der Waals surface area contributed by atoms with Crippen LogP contribution in [-0.4, -0.2) is 20.7 Å². The lowest BCUT2D eigenvalue weighted by Gasteiger charge is -2.22. The number of Topliss-reactive ketones (excluding diaryl/α,β-unsaturated/α-hetero) is 1. The van der Waals surface area contributed by atoms with Gasteiger partial charge in [-0.15, -0.1) is 0 Å². The highest BCUT2D eigenvalue weighted by molar-refractivity contribution is 9.10. The first-order valence-corrected chi connectivity index (χ1v) is 7.85. The molecule has 0 saturated carbocycles. The number of nitrogens with zero attached hydrogens (tertiary/aromatic N) is 2. The van der Waals surface area contributed by atoms with E-state index in [1.54, 1.807) is 12.3 Å². The molecule has 0 radical (unpaired) electrons. The van der Waals surface area contributed by atoms with E-state index in [0.29, 0.717) is 27.9 Å². The van der Waals surface area contributed by atoms with Crippen molar-refractivity contribution in [2.75, 3.05) is 0 Å². The van der Waals surface area contributed by atoms with Gasteiger partial charge >= 0.3 is 0 Å². The van der Waals surface area contributed by atoms with Crippen molar-refractivity contribution in [3.05, 3.63) is 58.5 Å². The Labute approximate surface area is 137 Å². The normalized spacial score (nSPS) is 11.8. The summed E-state index contributed by atoms with van der Waals surface area (Å²) in [6.07, 6.45) is 2.30. The fourth-order valence-corrected chi connectivity index (χ4v) is 2.84. The Bertz CT molecular complexity index is 824. The maximum Gasteiger partial charge on any atom is 0.185 e. The lowest BCUT2D eigenvalue weighted by molar-refractivity contribution is 0.0833. The summed E-state index contributed by atoms with van der Waals surface area (Å²) < 4.78 is 0.654. The van der Waals surface area contributed by atoms with Crippen LogP contribution in [0.2, 0.25) is 0 Å². The van der Waals surface area contributed by atoms with Gasteiger partial charge < -0.3 is 4.98 Å². The van der Waals surface area contributed by atoms with Gasteiger partial charge in [-0.25, -0.2) is 9.97 Å². The van der Waals surface area contributed by atoms with Gasteiger partial charge in [0, 0.05) is 5.41 Å². The summed E-state index contributed by atoms with van der Waals surface area (Å²) in [6.45, 7) is 3.93. The quantitative estimate of drug-likeness (QED) is 0.712. The second kappa shape index (κ2) is 5.65. The van der Waals surface area contributed by atoms with Crippen LogP contribution in [0.1, 0.15) is 29.9 Å². The highest BCUT2D eigenvalue weighted by Gasteiger charge is 2.30. The number of aromatic amines is 1. The molecule has 5 heteroatoms. The SMILES string of the molecule is CC(C)(Cc1ccccc1)C(=O)c1cc2nc(Br)cnc2[nH]1. The topological polar surface area (TPSA) is 58.6 Å². The molecule has 3 rings (SSSR count). The Morgan fingerprint density at radius 3 is 2.73 bits per heavy atom. The average Bonchev–Trinajstić information content (AvgIpc) is 2.89. The predicted molar refractivity (Wildman–Crippen MR) is 89.8 cm³/mol. The summed E-state index contributed by atoms with van der Waals surface area (Å²) in [5.41, 5.74) is 2.51. The van der Waals surface area contributed by atoms with Crippen LogP contribution in [0.15, 0.2) is 47.2 Å². The van der Waals surface area contributed by atoms with Gasteiger partial charge in [0.15, 0.2) is 11.4 Å². The number of rotatable bonds is 4. The minimum atomic E-state index is -0.501. The van der Waals surface area contributed by atoms with Crippen LogP contribution < -0.4 is 0 Å². The number of hydrogen-bond acceptors (Lipinski definition) is 3. The molecule has 2 heterocycles. The standard InChI is InChI=1S/C17H16BrN3O/c1-17(2,9-11-6-4-3-5-7-11)15(22)12-8-13-16(21-12)19-10-14(18)20-13/h3-8,10H,9H2,1-2H3,(H,19,21). The van der Waals surface area contributed by atoms with Crippen molar-refractivity contribution < 1.29 is 4.79 Å². The van der Waals surface area contributed by atoms with Gasteiger partial charge in [-0.3, -0.25) is 4.79 Å². The van der Waals surface area contributed by atoms with Crippen LogP contribution in [0.4, 0.5) is 0 Å². The van der Waals surface area contributed by atoms with Crippen molar-refractivity contribution >= 4 is 32.9 Å². The van der Waals surface area contributed by atoms with E-state index in [0.717, 1.165) is 5.56 Å². The van der Waals surface area contributed by atoms with E-state index in [9.17, 15) is 4.79 Å². The smallest absolute Gasteiger partial charge is 0.185 e. The average molecular weight is 358 g/mol. The van der Waals surface area contributed by atoms with Crippen LogP contribution in [0.5, 0.6) is 0 Å². The van der Waals surface area contributed by atoms with Crippen molar-refractivity contribution in [3.63, 3.8) is 0 Å². The summed E-state index contributed by atoms with van der Waals surface area (Å²) in [4.78, 5) is 24.4. The van der Waals surface area contributed by atoms with Crippen molar-refractivity contribution in [1.82, 2.24) is 15.0 Å². The number of hydrogen-bond donors (Lipinski definition) is 1. The minimum absolute atomic E-state index is 0.0623. The molecular weight excluding hydrogens is 342 g/mol. The number of aromatic nitrogens is 3. The molecule has 0 fully saturated rings. The summed E-state index contributed by atoms with van der Waals surface area (Å²) in [5, 5.41) is 0. The van der Waals surface area contributed by atoms with Crippen molar-refractivity contribution in [3.8, 4) is 0 Å². The van der Waals surface area contributed by atoms with Crippen LogP contribution in [0, 0.1) is 5.41 Å². The number of nitrogens with one attached hydrogen (secondary N) is 1. The molecule has 112 valence electrons. The van der Waals surface area contributed by atoms with E-state index >= 15 is 0 Å². The van der Waals surface area contributed by atoms with E-state index in [1.807, 2.05) is 44.2 Å². The van der Waals surface area contributed by atoms with Gasteiger partial charge in [0.25, 0.3) is 0 Å². The third kappa shape index (κ3) is 2.95. The monoisotopic (exact) mass is 357 g/mol. The largest absolute Gasteiger partial charge is 0.335 e. The minimum Gasteiger partial charge on any atom is -0.335 e. The molecule has 0 bridgehead atoms. The molecule has 0 aliphatic carbocycles. The fourth-order valence-electron chi connectivity index (χ4n) is 2.55. The van der Waals surface area contributed by atoms with E-state index < -0.39 is 5.41 Å². The van der Waals surface area contributed by atoms with Crippen molar-refractivity contribution in [1.29, 1.82) is 0 Å². The van der Waals surface area contributed by atoms with Gasteiger partial charge in [-0.2, -0.15) is 0 Å². The van der Waals surface area contributed by atoms with E-state index in [1.165, 1.54) is 0 Å². The number of halogens is 1. The van der Waals surface area contributed by atoms with Gasteiger partial charge in [-0.05, 0) is 34.0 Å². The van der Waals surface area contributed by atoms with Gasteiger partial charge in [0.2, 0.25) is 0 Å². The lowest BCUT2D eigenvalue weighted by Crippen LogP contribution is -2.27. The first-order chi connectivity index (χ1) is 10.5. The van der Waals surface area contributed by atoms with Gasteiger partial charge in [0.05, 0.1) is 11.9 Å². The molecule has 0 atom stereocenters. The van der Waals surface area contributed by atoms with Crippen LogP contribution in [0.3, 0.4) is 0 Å². The number of carbonyl (C=O) groups is 1. The number of H-pyrrole nitrogens is 1. The molecule has 3 aromatic rings. The van der Waals surface area contributed by atoms with Crippen molar-refractivity contribution in [2.45, 2.75) is 20.3 Å². The lowest BCUT2D eigenvalue weighted by atomic mass is 9.80. The Kier molecular flexibility index (Phi) is 3.83.